The number of phenols is 1. The summed E-state index contributed by atoms with van der Waals surface area (Å²) in [6, 6.07) is 6.92. The van der Waals surface area contributed by atoms with Crippen LogP contribution in [0.25, 0.3) is 11.1 Å². The Kier molecular flexibility index (Phi) is 2.45. The summed E-state index contributed by atoms with van der Waals surface area (Å²) in [6.45, 7) is 0. The molecule has 2 aromatic rings. The molecule has 70 valence electrons. The van der Waals surface area contributed by atoms with Gasteiger partial charge in [0.25, 0.3) is 0 Å². The third-order valence-electron chi connectivity index (χ3n) is 1.82. The van der Waals surface area contributed by atoms with Crippen LogP contribution >= 0.6 is 15.9 Å². The molecule has 1 aromatic carbocycles. The normalized spacial score (nSPS) is 10.1. The number of hydrogen-bond donors (Lipinski definition) is 1. The highest BCUT2D eigenvalue weighted by Crippen LogP contribution is 2.20. The lowest BCUT2D eigenvalue weighted by Gasteiger charge is -2.00. The topological polar surface area (TPSA) is 46.0 Å². The van der Waals surface area contributed by atoms with Crippen LogP contribution in [0.5, 0.6) is 5.75 Å². The first-order valence-corrected chi connectivity index (χ1v) is 4.82. The molecule has 0 aliphatic rings. The Hall–Kier alpha value is -1.42. The Morgan fingerprint density at radius 2 is 1.50 bits per heavy atom. The number of aromatic hydroxyl groups is 1. The molecule has 0 aliphatic heterocycles. The molecule has 0 saturated carbocycles. The number of aromatic nitrogens is 2. The van der Waals surface area contributed by atoms with Crippen molar-refractivity contribution in [1.82, 2.24) is 9.97 Å². The zero-order valence-electron chi connectivity index (χ0n) is 7.18. The summed E-state index contributed by atoms with van der Waals surface area (Å²) in [5.74, 6) is 0.256. The molecule has 0 spiro atoms. The lowest BCUT2D eigenvalue weighted by Crippen LogP contribution is -1.83. The number of rotatable bonds is 1. The van der Waals surface area contributed by atoms with E-state index in [0.29, 0.717) is 4.73 Å². The zero-order chi connectivity index (χ0) is 9.97. The van der Waals surface area contributed by atoms with Crippen molar-refractivity contribution in [1.29, 1.82) is 0 Å². The van der Waals surface area contributed by atoms with E-state index in [-0.39, 0.29) is 5.75 Å². The fourth-order valence-corrected chi connectivity index (χ4v) is 1.32. The molecular formula is C10H7BrN2O. The van der Waals surface area contributed by atoms with E-state index >= 15 is 0 Å². The molecule has 3 nitrogen and oxygen atoms in total. The number of nitrogens with zero attached hydrogens (tertiary/aromatic N) is 2. The van der Waals surface area contributed by atoms with Crippen molar-refractivity contribution < 1.29 is 5.11 Å². The number of benzene rings is 1. The van der Waals surface area contributed by atoms with Crippen molar-refractivity contribution in [2.75, 3.05) is 0 Å². The number of phenolic OH excluding ortho intramolecular Hbond substituents is 1. The summed E-state index contributed by atoms with van der Waals surface area (Å²) in [6.07, 6.45) is 3.45. The van der Waals surface area contributed by atoms with Crippen LogP contribution in [0.1, 0.15) is 0 Å². The highest BCUT2D eigenvalue weighted by molar-refractivity contribution is 9.10. The zero-order valence-corrected chi connectivity index (χ0v) is 8.77. The average Bonchev–Trinajstić information content (AvgIpc) is 2.21. The monoisotopic (exact) mass is 250 g/mol. The molecule has 4 heteroatoms. The second-order valence-corrected chi connectivity index (χ2v) is 3.50. The van der Waals surface area contributed by atoms with Crippen molar-refractivity contribution in [3.63, 3.8) is 0 Å². The molecule has 0 fully saturated rings. The third-order valence-corrected chi connectivity index (χ3v) is 2.23. The molecule has 0 bridgehead atoms. The fraction of sp³-hybridized carbons (Fsp3) is 0. The molecule has 0 atom stereocenters. The van der Waals surface area contributed by atoms with Crippen molar-refractivity contribution in [3.8, 4) is 16.9 Å². The van der Waals surface area contributed by atoms with Crippen LogP contribution in [0.4, 0.5) is 0 Å². The van der Waals surface area contributed by atoms with Crippen molar-refractivity contribution in [2.45, 2.75) is 0 Å². The van der Waals surface area contributed by atoms with Gasteiger partial charge >= 0.3 is 0 Å². The Morgan fingerprint density at radius 1 is 0.929 bits per heavy atom. The van der Waals surface area contributed by atoms with Gasteiger partial charge in [-0.3, -0.25) is 0 Å². The first kappa shape index (κ1) is 9.15. The molecule has 0 saturated heterocycles. The van der Waals surface area contributed by atoms with E-state index in [0.717, 1.165) is 11.1 Å². The van der Waals surface area contributed by atoms with Gasteiger partial charge in [0, 0.05) is 18.0 Å². The molecule has 1 heterocycles. The molecule has 14 heavy (non-hydrogen) atoms. The Morgan fingerprint density at radius 3 is 2.07 bits per heavy atom. The molecule has 0 aliphatic carbocycles. The quantitative estimate of drug-likeness (QED) is 0.792. The first-order valence-electron chi connectivity index (χ1n) is 4.02. The SMILES string of the molecule is Oc1ccc(-c2cnc(Br)nc2)cc1. The Bertz CT molecular complexity index is 381. The minimum Gasteiger partial charge on any atom is -0.508 e. The standard InChI is InChI=1S/C10H7BrN2O/c11-10-12-5-8(6-13-10)7-1-3-9(14)4-2-7/h1-6,14H. The molecule has 1 aromatic heterocycles. The summed E-state index contributed by atoms with van der Waals surface area (Å²) in [5.41, 5.74) is 1.91. The van der Waals surface area contributed by atoms with E-state index in [1.807, 2.05) is 12.1 Å². The minimum absolute atomic E-state index is 0.256. The van der Waals surface area contributed by atoms with Crippen LogP contribution in [-0.4, -0.2) is 15.1 Å². The maximum Gasteiger partial charge on any atom is 0.196 e. The van der Waals surface area contributed by atoms with E-state index < -0.39 is 0 Å². The molecule has 2 rings (SSSR count). The van der Waals surface area contributed by atoms with Gasteiger partial charge < -0.3 is 5.11 Å². The van der Waals surface area contributed by atoms with Crippen molar-refractivity contribution >= 4 is 15.9 Å². The van der Waals surface area contributed by atoms with Crippen LogP contribution in [0.15, 0.2) is 41.4 Å². The van der Waals surface area contributed by atoms with E-state index in [2.05, 4.69) is 25.9 Å². The highest BCUT2D eigenvalue weighted by Gasteiger charge is 1.98. The van der Waals surface area contributed by atoms with E-state index in [4.69, 9.17) is 5.11 Å². The van der Waals surface area contributed by atoms with Crippen LogP contribution < -0.4 is 0 Å². The molecule has 0 unspecified atom stereocenters. The van der Waals surface area contributed by atoms with E-state index in [1.54, 1.807) is 24.5 Å². The second-order valence-electron chi connectivity index (χ2n) is 2.79. The van der Waals surface area contributed by atoms with Gasteiger partial charge in [-0.15, -0.1) is 0 Å². The number of halogens is 1. The predicted octanol–water partition coefficient (Wildman–Crippen LogP) is 2.61. The Labute approximate surface area is 89.6 Å². The second kappa shape index (κ2) is 3.75. The largest absolute Gasteiger partial charge is 0.508 e. The first-order chi connectivity index (χ1) is 6.75. The predicted molar refractivity (Wildman–Crippen MR) is 56.8 cm³/mol. The van der Waals surface area contributed by atoms with Gasteiger partial charge in [0.1, 0.15) is 5.75 Å². The van der Waals surface area contributed by atoms with E-state index in [1.165, 1.54) is 0 Å². The summed E-state index contributed by atoms with van der Waals surface area (Å²) in [7, 11) is 0. The van der Waals surface area contributed by atoms with Gasteiger partial charge in [-0.1, -0.05) is 12.1 Å². The molecule has 1 N–H and O–H groups in total. The van der Waals surface area contributed by atoms with Gasteiger partial charge in [0.15, 0.2) is 4.73 Å². The summed E-state index contributed by atoms with van der Waals surface area (Å²) in [4.78, 5) is 8.04. The van der Waals surface area contributed by atoms with Crippen LogP contribution in [-0.2, 0) is 0 Å². The average molecular weight is 251 g/mol. The molecular weight excluding hydrogens is 244 g/mol. The maximum atomic E-state index is 9.11. The van der Waals surface area contributed by atoms with Gasteiger partial charge in [0.05, 0.1) is 0 Å². The third kappa shape index (κ3) is 1.90. The smallest absolute Gasteiger partial charge is 0.196 e. The van der Waals surface area contributed by atoms with Gasteiger partial charge in [-0.25, -0.2) is 9.97 Å². The summed E-state index contributed by atoms with van der Waals surface area (Å²) >= 11 is 3.17. The summed E-state index contributed by atoms with van der Waals surface area (Å²) < 4.78 is 0.569. The summed E-state index contributed by atoms with van der Waals surface area (Å²) in [5, 5.41) is 9.11. The lowest BCUT2D eigenvalue weighted by molar-refractivity contribution is 0.475. The Balaban J connectivity index is 2.40. The van der Waals surface area contributed by atoms with Crippen molar-refractivity contribution in [3.05, 3.63) is 41.4 Å². The highest BCUT2D eigenvalue weighted by atomic mass is 79.9. The molecule has 0 amide bonds. The lowest BCUT2D eigenvalue weighted by atomic mass is 10.1. The van der Waals surface area contributed by atoms with Gasteiger partial charge in [-0.2, -0.15) is 0 Å². The maximum absolute atomic E-state index is 9.11. The number of hydrogen-bond acceptors (Lipinski definition) is 3. The van der Waals surface area contributed by atoms with Gasteiger partial charge in [-0.05, 0) is 33.6 Å². The van der Waals surface area contributed by atoms with E-state index in [9.17, 15) is 0 Å². The minimum atomic E-state index is 0.256. The van der Waals surface area contributed by atoms with Crippen molar-refractivity contribution in [2.24, 2.45) is 0 Å². The van der Waals surface area contributed by atoms with Crippen LogP contribution in [0.2, 0.25) is 0 Å². The van der Waals surface area contributed by atoms with Gasteiger partial charge in [0.2, 0.25) is 0 Å². The fourth-order valence-electron chi connectivity index (χ4n) is 1.12. The van der Waals surface area contributed by atoms with Crippen LogP contribution in [0.3, 0.4) is 0 Å². The molecule has 0 radical (unpaired) electrons. The van der Waals surface area contributed by atoms with Crippen LogP contribution in [0, 0.1) is 0 Å².